The van der Waals surface area contributed by atoms with Crippen molar-refractivity contribution in [3.63, 3.8) is 0 Å². The number of carboxylic acid groups (broad SMARTS) is 1. The smallest absolute Gasteiger partial charge is 0.322 e. The summed E-state index contributed by atoms with van der Waals surface area (Å²) in [6, 6.07) is 3.12. The van der Waals surface area contributed by atoms with Gasteiger partial charge in [0.15, 0.2) is 0 Å². The third kappa shape index (κ3) is 3.39. The molecular formula is C13H14ClFN2O3. The molecule has 0 spiro atoms. The van der Waals surface area contributed by atoms with Gasteiger partial charge in [-0.2, -0.15) is 0 Å². The molecule has 5 nitrogen and oxygen atoms in total. The summed E-state index contributed by atoms with van der Waals surface area (Å²) >= 11 is 5.63. The number of nitrogens with one attached hydrogen (secondary N) is 1. The predicted octanol–water partition coefficient (Wildman–Crippen LogP) is 2.95. The van der Waals surface area contributed by atoms with E-state index in [9.17, 15) is 14.0 Å². The molecule has 0 bridgehead atoms. The molecule has 1 aromatic carbocycles. The highest BCUT2D eigenvalue weighted by Gasteiger charge is 2.30. The molecular weight excluding hydrogens is 287 g/mol. The molecule has 7 heteroatoms. The number of urea groups is 1. The second-order valence-electron chi connectivity index (χ2n) is 4.64. The molecule has 20 heavy (non-hydrogen) atoms. The van der Waals surface area contributed by atoms with Crippen LogP contribution in [0.15, 0.2) is 18.2 Å². The Hall–Kier alpha value is -1.82. The predicted molar refractivity (Wildman–Crippen MR) is 72.4 cm³/mol. The zero-order valence-corrected chi connectivity index (χ0v) is 11.4. The van der Waals surface area contributed by atoms with Crippen LogP contribution < -0.4 is 5.32 Å². The molecule has 0 aromatic heterocycles. The number of benzene rings is 1. The topological polar surface area (TPSA) is 69.6 Å². The lowest BCUT2D eigenvalue weighted by molar-refractivity contribution is -0.137. The molecule has 1 unspecified atom stereocenters. The monoisotopic (exact) mass is 300 g/mol. The van der Waals surface area contributed by atoms with Crippen LogP contribution in [0, 0.1) is 5.82 Å². The second kappa shape index (κ2) is 6.09. The van der Waals surface area contributed by atoms with Crippen LogP contribution in [-0.2, 0) is 4.79 Å². The maximum atomic E-state index is 13.6. The second-order valence-corrected chi connectivity index (χ2v) is 5.08. The first kappa shape index (κ1) is 14.6. The molecule has 1 aliphatic rings. The van der Waals surface area contributed by atoms with Gasteiger partial charge in [0.2, 0.25) is 0 Å². The number of rotatable bonds is 3. The SMILES string of the molecule is O=C(O)CC1CCCN1C(=O)Nc1ccc(Cl)cc1F. The molecule has 0 saturated carbocycles. The number of hydrogen-bond acceptors (Lipinski definition) is 2. The summed E-state index contributed by atoms with van der Waals surface area (Å²) in [5, 5.41) is 11.5. The summed E-state index contributed by atoms with van der Waals surface area (Å²) in [5.41, 5.74) is 0.0281. The van der Waals surface area contributed by atoms with E-state index in [2.05, 4.69) is 5.32 Å². The highest BCUT2D eigenvalue weighted by Crippen LogP contribution is 2.23. The maximum absolute atomic E-state index is 13.6. The Bertz CT molecular complexity index is 538. The molecule has 2 rings (SSSR count). The van der Waals surface area contributed by atoms with Gasteiger partial charge in [-0.3, -0.25) is 4.79 Å². The van der Waals surface area contributed by atoms with Gasteiger partial charge in [0.05, 0.1) is 12.1 Å². The number of carbonyl (C=O) groups is 2. The number of nitrogens with zero attached hydrogens (tertiary/aromatic N) is 1. The first-order chi connectivity index (χ1) is 9.47. The Morgan fingerprint density at radius 1 is 1.50 bits per heavy atom. The Kier molecular flexibility index (Phi) is 4.44. The first-order valence-electron chi connectivity index (χ1n) is 6.22. The highest BCUT2D eigenvalue weighted by molar-refractivity contribution is 6.30. The van der Waals surface area contributed by atoms with Crippen molar-refractivity contribution < 1.29 is 19.1 Å². The summed E-state index contributed by atoms with van der Waals surface area (Å²) in [5.74, 6) is -1.58. The number of carbonyl (C=O) groups excluding carboxylic acids is 1. The van der Waals surface area contributed by atoms with Crippen LogP contribution in [0.1, 0.15) is 19.3 Å². The van der Waals surface area contributed by atoms with Crippen molar-refractivity contribution in [2.24, 2.45) is 0 Å². The molecule has 1 aliphatic heterocycles. The van der Waals surface area contributed by atoms with E-state index >= 15 is 0 Å². The fourth-order valence-corrected chi connectivity index (χ4v) is 2.45. The summed E-state index contributed by atoms with van der Waals surface area (Å²) < 4.78 is 13.6. The van der Waals surface area contributed by atoms with Crippen molar-refractivity contribution in [2.75, 3.05) is 11.9 Å². The van der Waals surface area contributed by atoms with Gasteiger partial charge in [-0.15, -0.1) is 0 Å². The zero-order valence-electron chi connectivity index (χ0n) is 10.6. The van der Waals surface area contributed by atoms with Crippen LogP contribution in [0.2, 0.25) is 5.02 Å². The minimum Gasteiger partial charge on any atom is -0.481 e. The van der Waals surface area contributed by atoms with Gasteiger partial charge in [0.1, 0.15) is 5.82 Å². The van der Waals surface area contributed by atoms with Crippen molar-refractivity contribution in [3.8, 4) is 0 Å². The summed E-state index contributed by atoms with van der Waals surface area (Å²) in [4.78, 5) is 24.2. The third-order valence-corrected chi connectivity index (χ3v) is 3.46. The van der Waals surface area contributed by atoms with Crippen molar-refractivity contribution in [3.05, 3.63) is 29.0 Å². The summed E-state index contributed by atoms with van der Waals surface area (Å²) in [6.45, 7) is 0.471. The Morgan fingerprint density at radius 3 is 2.90 bits per heavy atom. The number of likely N-dealkylation sites (tertiary alicyclic amines) is 1. The van der Waals surface area contributed by atoms with Crippen LogP contribution in [0.3, 0.4) is 0 Å². The highest BCUT2D eigenvalue weighted by atomic mass is 35.5. The van der Waals surface area contributed by atoms with Crippen LogP contribution in [0.5, 0.6) is 0 Å². The van der Waals surface area contributed by atoms with Gasteiger partial charge < -0.3 is 15.3 Å². The molecule has 2 N–H and O–H groups in total. The molecule has 1 aromatic rings. The van der Waals surface area contributed by atoms with Crippen molar-refractivity contribution in [1.82, 2.24) is 4.90 Å². The lowest BCUT2D eigenvalue weighted by atomic mass is 10.1. The molecule has 108 valence electrons. The van der Waals surface area contributed by atoms with E-state index in [-0.39, 0.29) is 23.2 Å². The van der Waals surface area contributed by atoms with Gasteiger partial charge in [0, 0.05) is 17.6 Å². The van der Waals surface area contributed by atoms with Gasteiger partial charge >= 0.3 is 12.0 Å². The van der Waals surface area contributed by atoms with Gasteiger partial charge in [-0.25, -0.2) is 9.18 Å². The molecule has 1 atom stereocenters. The fraction of sp³-hybridized carbons (Fsp3) is 0.385. The first-order valence-corrected chi connectivity index (χ1v) is 6.59. The molecule has 2 amide bonds. The van der Waals surface area contributed by atoms with Crippen molar-refractivity contribution in [1.29, 1.82) is 0 Å². The van der Waals surface area contributed by atoms with E-state index < -0.39 is 17.8 Å². The number of anilines is 1. The van der Waals surface area contributed by atoms with E-state index in [1.807, 2.05) is 0 Å². The Morgan fingerprint density at radius 2 is 2.25 bits per heavy atom. The quantitative estimate of drug-likeness (QED) is 0.901. The van der Waals surface area contributed by atoms with Gasteiger partial charge in [0.25, 0.3) is 0 Å². The Balaban J connectivity index is 2.05. The minimum absolute atomic E-state index is 0.0281. The van der Waals surface area contributed by atoms with Crippen LogP contribution in [0.4, 0.5) is 14.9 Å². The van der Waals surface area contributed by atoms with Gasteiger partial charge in [-0.1, -0.05) is 11.6 Å². The number of carboxylic acids is 1. The maximum Gasteiger partial charge on any atom is 0.322 e. The normalized spacial score (nSPS) is 18.1. The standard InChI is InChI=1S/C13H14ClFN2O3/c14-8-3-4-11(10(15)6-8)16-13(20)17-5-1-2-9(17)7-12(18)19/h3-4,6,9H,1-2,5,7H2,(H,16,20)(H,18,19). The van der Waals surface area contributed by atoms with Crippen LogP contribution in [0.25, 0.3) is 0 Å². The summed E-state index contributed by atoms with van der Waals surface area (Å²) in [6.07, 6.45) is 1.29. The van der Waals surface area contributed by atoms with E-state index in [0.29, 0.717) is 13.0 Å². The molecule has 1 saturated heterocycles. The zero-order chi connectivity index (χ0) is 14.7. The fourth-order valence-electron chi connectivity index (χ4n) is 2.29. The van der Waals surface area contributed by atoms with Crippen LogP contribution in [-0.4, -0.2) is 34.6 Å². The lowest BCUT2D eigenvalue weighted by Gasteiger charge is -2.23. The molecule has 0 aliphatic carbocycles. The molecule has 1 heterocycles. The average Bonchev–Trinajstić information content (AvgIpc) is 2.80. The van der Waals surface area contributed by atoms with Gasteiger partial charge in [-0.05, 0) is 31.0 Å². The molecule has 1 fully saturated rings. The Labute approximate surface area is 120 Å². The van der Waals surface area contributed by atoms with E-state index in [0.717, 1.165) is 12.5 Å². The van der Waals surface area contributed by atoms with Crippen molar-refractivity contribution in [2.45, 2.75) is 25.3 Å². The van der Waals surface area contributed by atoms with E-state index in [1.165, 1.54) is 17.0 Å². The van der Waals surface area contributed by atoms with E-state index in [4.69, 9.17) is 16.7 Å². The number of aliphatic carboxylic acids is 1. The number of amides is 2. The van der Waals surface area contributed by atoms with E-state index in [1.54, 1.807) is 0 Å². The van der Waals surface area contributed by atoms with Crippen LogP contribution >= 0.6 is 11.6 Å². The minimum atomic E-state index is -0.952. The third-order valence-electron chi connectivity index (χ3n) is 3.22. The number of halogens is 2. The average molecular weight is 301 g/mol. The summed E-state index contributed by atoms with van der Waals surface area (Å²) in [7, 11) is 0. The number of hydrogen-bond donors (Lipinski definition) is 2. The molecule has 0 radical (unpaired) electrons. The van der Waals surface area contributed by atoms with Crippen molar-refractivity contribution >= 4 is 29.3 Å². The lowest BCUT2D eigenvalue weighted by Crippen LogP contribution is -2.39. The largest absolute Gasteiger partial charge is 0.481 e.